The molecule has 0 amide bonds. The molecule has 1 heterocycles. The highest BCUT2D eigenvalue weighted by Crippen LogP contribution is 2.42. The fourth-order valence-corrected chi connectivity index (χ4v) is 3.46. The van der Waals surface area contributed by atoms with Gasteiger partial charge in [0.05, 0.1) is 0 Å². The predicted octanol–water partition coefficient (Wildman–Crippen LogP) is 5.51. The van der Waals surface area contributed by atoms with Gasteiger partial charge in [0, 0.05) is 24.9 Å². The van der Waals surface area contributed by atoms with Gasteiger partial charge >= 0.3 is 0 Å². The Kier molecular flexibility index (Phi) is 4.77. The first-order valence-corrected chi connectivity index (χ1v) is 7.75. The van der Waals surface area contributed by atoms with Crippen molar-refractivity contribution >= 4 is 0 Å². The summed E-state index contributed by atoms with van der Waals surface area (Å²) < 4.78 is 27.4. The van der Waals surface area contributed by atoms with E-state index >= 15 is 0 Å². The molecule has 0 saturated heterocycles. The third kappa shape index (κ3) is 3.36. The van der Waals surface area contributed by atoms with Crippen LogP contribution >= 0.6 is 0 Å². The quantitative estimate of drug-likeness (QED) is 0.708. The van der Waals surface area contributed by atoms with Crippen molar-refractivity contribution in [3.05, 3.63) is 29.6 Å². The summed E-state index contributed by atoms with van der Waals surface area (Å²) >= 11 is 0. The average molecular weight is 281 g/mol. The summed E-state index contributed by atoms with van der Waals surface area (Å²) in [4.78, 5) is 4.07. The van der Waals surface area contributed by atoms with E-state index in [2.05, 4.69) is 18.8 Å². The van der Waals surface area contributed by atoms with Crippen molar-refractivity contribution < 1.29 is 8.78 Å². The Bertz CT molecular complexity index is 431. The van der Waals surface area contributed by atoms with Crippen LogP contribution in [0.25, 0.3) is 0 Å². The number of pyridine rings is 1. The minimum atomic E-state index is -2.77. The summed E-state index contributed by atoms with van der Waals surface area (Å²) in [7, 11) is 0. The van der Waals surface area contributed by atoms with Gasteiger partial charge in [-0.1, -0.05) is 20.3 Å². The Morgan fingerprint density at radius 3 is 2.50 bits per heavy atom. The molecular weight excluding hydrogens is 256 g/mol. The van der Waals surface area contributed by atoms with Crippen LogP contribution in [0, 0.1) is 11.8 Å². The van der Waals surface area contributed by atoms with E-state index in [1.54, 1.807) is 6.20 Å². The third-order valence-corrected chi connectivity index (χ3v) is 4.99. The number of nitrogens with zero attached hydrogens (tertiary/aromatic N) is 1. The van der Waals surface area contributed by atoms with Crippen LogP contribution in [-0.2, 0) is 5.92 Å². The van der Waals surface area contributed by atoms with E-state index in [0.29, 0.717) is 0 Å². The molecule has 1 aliphatic carbocycles. The molecule has 1 aromatic heterocycles. The van der Waals surface area contributed by atoms with E-state index in [-0.39, 0.29) is 11.5 Å². The van der Waals surface area contributed by atoms with Crippen molar-refractivity contribution in [1.29, 1.82) is 0 Å². The molecule has 1 atom stereocenters. The highest BCUT2D eigenvalue weighted by atomic mass is 19.3. The molecule has 1 aliphatic rings. The fourth-order valence-electron chi connectivity index (χ4n) is 3.46. The molecule has 1 saturated carbocycles. The number of alkyl halides is 2. The fraction of sp³-hybridized carbons (Fsp3) is 0.706. The molecule has 1 nitrogen and oxygen atoms in total. The molecule has 112 valence electrons. The number of halogens is 2. The summed E-state index contributed by atoms with van der Waals surface area (Å²) in [6.45, 7) is 5.52. The van der Waals surface area contributed by atoms with Gasteiger partial charge in [0.25, 0.3) is 5.92 Å². The van der Waals surface area contributed by atoms with Crippen molar-refractivity contribution in [2.24, 2.45) is 11.8 Å². The third-order valence-electron chi connectivity index (χ3n) is 4.99. The molecule has 1 aromatic rings. The second-order valence-corrected chi connectivity index (χ2v) is 6.35. The van der Waals surface area contributed by atoms with Crippen molar-refractivity contribution in [3.8, 4) is 0 Å². The van der Waals surface area contributed by atoms with Crippen molar-refractivity contribution in [2.45, 2.75) is 64.7 Å². The minimum absolute atomic E-state index is 0.166. The van der Waals surface area contributed by atoms with E-state index in [9.17, 15) is 8.78 Å². The Balaban J connectivity index is 2.12. The molecule has 2 rings (SSSR count). The molecule has 0 radical (unpaired) electrons. The molecule has 0 bridgehead atoms. The molecule has 3 heteroatoms. The van der Waals surface area contributed by atoms with Crippen molar-refractivity contribution in [3.63, 3.8) is 0 Å². The lowest BCUT2D eigenvalue weighted by Gasteiger charge is -2.33. The number of hydrogen-bond donors (Lipinski definition) is 0. The Morgan fingerprint density at radius 1 is 1.30 bits per heavy atom. The van der Waals surface area contributed by atoms with E-state index in [4.69, 9.17) is 0 Å². The molecule has 0 aliphatic heterocycles. The highest BCUT2D eigenvalue weighted by Gasteiger charge is 2.32. The lowest BCUT2D eigenvalue weighted by atomic mass is 9.73. The van der Waals surface area contributed by atoms with Gasteiger partial charge in [0.15, 0.2) is 0 Å². The second-order valence-electron chi connectivity index (χ2n) is 6.35. The maximum atomic E-state index is 13.7. The molecule has 1 fully saturated rings. The summed E-state index contributed by atoms with van der Waals surface area (Å²) in [5, 5.41) is 0. The number of rotatable bonds is 4. The van der Waals surface area contributed by atoms with Gasteiger partial charge in [-0.15, -0.1) is 0 Å². The zero-order valence-electron chi connectivity index (χ0n) is 12.7. The Labute approximate surface area is 120 Å². The van der Waals surface area contributed by atoms with Gasteiger partial charge in [0.1, 0.15) is 0 Å². The smallest absolute Gasteiger partial charge is 0.264 e. The molecule has 0 aromatic carbocycles. The standard InChI is InChI=1S/C17H25F2N/c1-4-12(2)13-5-7-14(8-6-13)15-11-20-10-9-16(15)17(3,18)19/h9-14H,4-8H2,1-3H3. The van der Waals surface area contributed by atoms with Gasteiger partial charge in [-0.25, -0.2) is 8.78 Å². The van der Waals surface area contributed by atoms with E-state index < -0.39 is 5.92 Å². The number of aromatic nitrogens is 1. The topological polar surface area (TPSA) is 12.9 Å². The van der Waals surface area contributed by atoms with Gasteiger partial charge in [-0.3, -0.25) is 4.98 Å². The first kappa shape index (κ1) is 15.4. The lowest BCUT2D eigenvalue weighted by molar-refractivity contribution is 0.0157. The van der Waals surface area contributed by atoms with Crippen LogP contribution in [0.5, 0.6) is 0 Å². The molecule has 0 N–H and O–H groups in total. The molecular formula is C17H25F2N. The zero-order chi connectivity index (χ0) is 14.8. The first-order valence-electron chi connectivity index (χ1n) is 7.75. The van der Waals surface area contributed by atoms with Crippen LogP contribution in [0.2, 0.25) is 0 Å². The van der Waals surface area contributed by atoms with Crippen LogP contribution < -0.4 is 0 Å². The van der Waals surface area contributed by atoms with E-state index in [0.717, 1.165) is 50.0 Å². The highest BCUT2D eigenvalue weighted by molar-refractivity contribution is 5.31. The normalized spacial score (nSPS) is 25.4. The Hall–Kier alpha value is -0.990. The zero-order valence-corrected chi connectivity index (χ0v) is 12.7. The van der Waals surface area contributed by atoms with Gasteiger partial charge in [-0.05, 0) is 55.1 Å². The van der Waals surface area contributed by atoms with Crippen LogP contribution in [0.3, 0.4) is 0 Å². The summed E-state index contributed by atoms with van der Waals surface area (Å²) in [6, 6.07) is 1.48. The lowest BCUT2D eigenvalue weighted by Crippen LogP contribution is -2.21. The van der Waals surface area contributed by atoms with Gasteiger partial charge in [0.2, 0.25) is 0 Å². The van der Waals surface area contributed by atoms with Crippen LogP contribution in [0.1, 0.15) is 69.9 Å². The maximum Gasteiger partial charge on any atom is 0.270 e. The van der Waals surface area contributed by atoms with Crippen LogP contribution in [-0.4, -0.2) is 4.98 Å². The van der Waals surface area contributed by atoms with E-state index in [1.807, 2.05) is 0 Å². The summed E-state index contributed by atoms with van der Waals surface area (Å²) in [5.41, 5.74) is 0.932. The molecule has 1 unspecified atom stereocenters. The molecule has 20 heavy (non-hydrogen) atoms. The Morgan fingerprint density at radius 2 is 1.95 bits per heavy atom. The molecule has 0 spiro atoms. The largest absolute Gasteiger partial charge is 0.270 e. The van der Waals surface area contributed by atoms with E-state index in [1.165, 1.54) is 18.7 Å². The second kappa shape index (κ2) is 6.19. The van der Waals surface area contributed by atoms with Gasteiger partial charge in [-0.2, -0.15) is 0 Å². The average Bonchev–Trinajstić information content (AvgIpc) is 2.46. The van der Waals surface area contributed by atoms with Crippen LogP contribution in [0.4, 0.5) is 8.78 Å². The predicted molar refractivity (Wildman–Crippen MR) is 78.0 cm³/mol. The SMILES string of the molecule is CCC(C)C1CCC(c2cnccc2C(C)(F)F)CC1. The minimum Gasteiger partial charge on any atom is -0.264 e. The van der Waals surface area contributed by atoms with Crippen LogP contribution in [0.15, 0.2) is 18.5 Å². The summed E-state index contributed by atoms with van der Waals surface area (Å²) in [6.07, 6.45) is 8.68. The maximum absolute atomic E-state index is 13.7. The van der Waals surface area contributed by atoms with Crippen molar-refractivity contribution in [1.82, 2.24) is 4.98 Å². The summed E-state index contributed by atoms with van der Waals surface area (Å²) in [5.74, 6) is -1.01. The van der Waals surface area contributed by atoms with Crippen molar-refractivity contribution in [2.75, 3.05) is 0 Å². The van der Waals surface area contributed by atoms with Gasteiger partial charge < -0.3 is 0 Å². The number of hydrogen-bond acceptors (Lipinski definition) is 1. The monoisotopic (exact) mass is 281 g/mol. The first-order chi connectivity index (χ1) is 9.43.